The zero-order valence-electron chi connectivity index (χ0n) is 10.6. The minimum Gasteiger partial charge on any atom is -0.497 e. The number of benzene rings is 1. The Morgan fingerprint density at radius 2 is 1.81 bits per heavy atom. The van der Waals surface area contributed by atoms with Crippen molar-refractivity contribution in [3.8, 4) is 5.75 Å². The average molecular weight is 222 g/mol. The van der Waals surface area contributed by atoms with Gasteiger partial charge in [-0.05, 0) is 38.2 Å². The summed E-state index contributed by atoms with van der Waals surface area (Å²) in [5.74, 6) is 0.881. The topological polar surface area (TPSA) is 38.5 Å². The van der Waals surface area contributed by atoms with Crippen LogP contribution in [-0.2, 0) is 0 Å². The van der Waals surface area contributed by atoms with Gasteiger partial charge in [0.25, 0.3) is 0 Å². The van der Waals surface area contributed by atoms with Crippen molar-refractivity contribution in [1.29, 1.82) is 0 Å². The molecule has 0 heterocycles. The predicted octanol–water partition coefficient (Wildman–Crippen LogP) is 2.04. The first kappa shape index (κ1) is 13.0. The van der Waals surface area contributed by atoms with Gasteiger partial charge in [0.1, 0.15) is 5.75 Å². The molecule has 1 aromatic rings. The molecule has 3 heteroatoms. The van der Waals surface area contributed by atoms with Gasteiger partial charge in [-0.25, -0.2) is 0 Å². The lowest BCUT2D eigenvalue weighted by Crippen LogP contribution is -2.36. The minimum atomic E-state index is 0.156. The molecule has 0 radical (unpaired) electrons. The number of likely N-dealkylation sites (N-methyl/N-ethyl adjacent to an activating group) is 1. The summed E-state index contributed by atoms with van der Waals surface area (Å²) in [5, 5.41) is 0. The Bertz CT molecular complexity index is 308. The molecule has 0 saturated heterocycles. The fourth-order valence-corrected chi connectivity index (χ4v) is 1.95. The second kappa shape index (κ2) is 5.87. The third-order valence-electron chi connectivity index (χ3n) is 2.89. The number of nitrogens with two attached hydrogens (primary N) is 1. The molecule has 3 nitrogen and oxygen atoms in total. The summed E-state index contributed by atoms with van der Waals surface area (Å²) >= 11 is 0. The number of hydrogen-bond acceptors (Lipinski definition) is 3. The van der Waals surface area contributed by atoms with E-state index in [2.05, 4.69) is 38.1 Å². The first-order valence-electron chi connectivity index (χ1n) is 5.66. The Hall–Kier alpha value is -1.06. The quantitative estimate of drug-likeness (QED) is 0.828. The van der Waals surface area contributed by atoms with Gasteiger partial charge in [-0.15, -0.1) is 0 Å². The van der Waals surface area contributed by atoms with Gasteiger partial charge in [0.15, 0.2) is 0 Å². The average Bonchev–Trinajstić information content (AvgIpc) is 2.29. The van der Waals surface area contributed by atoms with Crippen LogP contribution in [0.4, 0.5) is 0 Å². The Morgan fingerprint density at radius 1 is 1.25 bits per heavy atom. The standard InChI is InChI=1S/C13H22N2O/c1-5-12(14)13(15(2)3)10-6-8-11(16-4)9-7-10/h6-9,12-13H,5,14H2,1-4H3. The zero-order valence-corrected chi connectivity index (χ0v) is 10.6. The molecule has 2 N–H and O–H groups in total. The second-order valence-corrected chi connectivity index (χ2v) is 4.25. The molecule has 0 aliphatic heterocycles. The van der Waals surface area contributed by atoms with Crippen LogP contribution in [0.15, 0.2) is 24.3 Å². The Balaban J connectivity index is 2.92. The lowest BCUT2D eigenvalue weighted by Gasteiger charge is -2.29. The van der Waals surface area contributed by atoms with E-state index < -0.39 is 0 Å². The van der Waals surface area contributed by atoms with E-state index in [1.807, 2.05) is 12.1 Å². The largest absolute Gasteiger partial charge is 0.497 e. The van der Waals surface area contributed by atoms with Crippen LogP contribution in [0.5, 0.6) is 5.75 Å². The molecule has 16 heavy (non-hydrogen) atoms. The third-order valence-corrected chi connectivity index (χ3v) is 2.89. The number of ether oxygens (including phenoxy) is 1. The van der Waals surface area contributed by atoms with E-state index in [1.54, 1.807) is 7.11 Å². The summed E-state index contributed by atoms with van der Waals surface area (Å²) in [6, 6.07) is 8.54. The van der Waals surface area contributed by atoms with Crippen molar-refractivity contribution in [2.75, 3.05) is 21.2 Å². The van der Waals surface area contributed by atoms with Crippen LogP contribution >= 0.6 is 0 Å². The lowest BCUT2D eigenvalue weighted by atomic mass is 9.97. The number of rotatable bonds is 5. The summed E-state index contributed by atoms with van der Waals surface area (Å²) in [5.41, 5.74) is 7.38. The first-order chi connectivity index (χ1) is 7.60. The maximum atomic E-state index is 6.15. The van der Waals surface area contributed by atoms with Crippen molar-refractivity contribution >= 4 is 0 Å². The highest BCUT2D eigenvalue weighted by molar-refractivity contribution is 5.29. The maximum absolute atomic E-state index is 6.15. The van der Waals surface area contributed by atoms with Gasteiger partial charge >= 0.3 is 0 Å². The molecule has 1 rings (SSSR count). The predicted molar refractivity (Wildman–Crippen MR) is 67.7 cm³/mol. The number of nitrogens with zero attached hydrogens (tertiary/aromatic N) is 1. The molecular weight excluding hydrogens is 200 g/mol. The zero-order chi connectivity index (χ0) is 12.1. The highest BCUT2D eigenvalue weighted by atomic mass is 16.5. The summed E-state index contributed by atoms with van der Waals surface area (Å²) in [4.78, 5) is 2.16. The van der Waals surface area contributed by atoms with Crippen molar-refractivity contribution in [3.63, 3.8) is 0 Å². The van der Waals surface area contributed by atoms with E-state index >= 15 is 0 Å². The maximum Gasteiger partial charge on any atom is 0.118 e. The molecule has 90 valence electrons. The normalized spacial score (nSPS) is 14.9. The Kier molecular flexibility index (Phi) is 4.77. The van der Waals surface area contributed by atoms with Gasteiger partial charge < -0.3 is 15.4 Å². The third kappa shape index (κ3) is 2.97. The van der Waals surface area contributed by atoms with Crippen LogP contribution in [0.3, 0.4) is 0 Å². The van der Waals surface area contributed by atoms with Crippen LogP contribution in [0, 0.1) is 0 Å². The monoisotopic (exact) mass is 222 g/mol. The molecule has 0 aromatic heterocycles. The van der Waals surface area contributed by atoms with Crippen molar-refractivity contribution in [2.24, 2.45) is 5.73 Å². The van der Waals surface area contributed by atoms with Gasteiger partial charge in [0, 0.05) is 12.1 Å². The van der Waals surface area contributed by atoms with Crippen molar-refractivity contribution < 1.29 is 4.74 Å². The summed E-state index contributed by atoms with van der Waals surface area (Å²) in [6.07, 6.45) is 0.967. The van der Waals surface area contributed by atoms with Gasteiger partial charge in [-0.2, -0.15) is 0 Å². The second-order valence-electron chi connectivity index (χ2n) is 4.25. The van der Waals surface area contributed by atoms with Crippen LogP contribution in [0.1, 0.15) is 24.9 Å². The van der Waals surface area contributed by atoms with Gasteiger partial charge in [0.05, 0.1) is 7.11 Å². The van der Waals surface area contributed by atoms with Crippen molar-refractivity contribution in [3.05, 3.63) is 29.8 Å². The van der Waals surface area contributed by atoms with E-state index in [0.29, 0.717) is 0 Å². The van der Waals surface area contributed by atoms with Crippen molar-refractivity contribution in [1.82, 2.24) is 4.90 Å². The molecule has 0 bridgehead atoms. The van der Waals surface area contributed by atoms with E-state index in [0.717, 1.165) is 12.2 Å². The number of hydrogen-bond donors (Lipinski definition) is 1. The molecule has 2 atom stereocenters. The van der Waals surface area contributed by atoms with Crippen LogP contribution in [-0.4, -0.2) is 32.1 Å². The van der Waals surface area contributed by atoms with E-state index in [9.17, 15) is 0 Å². The first-order valence-corrected chi connectivity index (χ1v) is 5.66. The molecule has 0 saturated carbocycles. The van der Waals surface area contributed by atoms with E-state index in [1.165, 1.54) is 5.56 Å². The highest BCUT2D eigenvalue weighted by Gasteiger charge is 2.20. The molecular formula is C13H22N2O. The summed E-state index contributed by atoms with van der Waals surface area (Å²) < 4.78 is 5.15. The summed E-state index contributed by atoms with van der Waals surface area (Å²) in [6.45, 7) is 2.12. The minimum absolute atomic E-state index is 0.156. The Labute approximate surface area is 98.2 Å². The molecule has 0 fully saturated rings. The molecule has 2 unspecified atom stereocenters. The van der Waals surface area contributed by atoms with Crippen LogP contribution in [0.2, 0.25) is 0 Å². The molecule has 0 spiro atoms. The van der Waals surface area contributed by atoms with Gasteiger partial charge in [-0.3, -0.25) is 0 Å². The van der Waals surface area contributed by atoms with Gasteiger partial charge in [0.2, 0.25) is 0 Å². The van der Waals surface area contributed by atoms with E-state index in [4.69, 9.17) is 10.5 Å². The summed E-state index contributed by atoms with van der Waals surface area (Å²) in [7, 11) is 5.80. The fraction of sp³-hybridized carbons (Fsp3) is 0.538. The highest BCUT2D eigenvalue weighted by Crippen LogP contribution is 2.24. The molecule has 0 amide bonds. The molecule has 0 aliphatic carbocycles. The van der Waals surface area contributed by atoms with E-state index in [-0.39, 0.29) is 12.1 Å². The number of methoxy groups -OCH3 is 1. The fourth-order valence-electron chi connectivity index (χ4n) is 1.95. The lowest BCUT2D eigenvalue weighted by molar-refractivity contribution is 0.253. The van der Waals surface area contributed by atoms with Gasteiger partial charge in [-0.1, -0.05) is 19.1 Å². The van der Waals surface area contributed by atoms with Crippen LogP contribution in [0.25, 0.3) is 0 Å². The van der Waals surface area contributed by atoms with Crippen LogP contribution < -0.4 is 10.5 Å². The molecule has 1 aromatic carbocycles. The van der Waals surface area contributed by atoms with Crippen molar-refractivity contribution in [2.45, 2.75) is 25.4 Å². The molecule has 0 aliphatic rings. The smallest absolute Gasteiger partial charge is 0.118 e. The SMILES string of the molecule is CCC(N)C(c1ccc(OC)cc1)N(C)C. The Morgan fingerprint density at radius 3 is 2.19 bits per heavy atom.